The molecule has 6 N–H and O–H groups in total. The largest absolute Gasteiger partial charge is 0.472 e. The number of allylic oxidation sites excluding steroid dienone is 10. The molecule has 0 aromatic rings. The van der Waals surface area contributed by atoms with Gasteiger partial charge in [-0.2, -0.15) is 0 Å². The zero-order valence-corrected chi connectivity index (χ0v) is 37.9. The Morgan fingerprint density at radius 1 is 0.550 bits per heavy atom. The van der Waals surface area contributed by atoms with Crippen LogP contribution in [0.3, 0.4) is 0 Å². The Kier molecular flexibility index (Phi) is 35.1. The van der Waals surface area contributed by atoms with Gasteiger partial charge >= 0.3 is 13.8 Å². The minimum Gasteiger partial charge on any atom is -0.457 e. The first kappa shape index (κ1) is 56.1. The van der Waals surface area contributed by atoms with Crippen LogP contribution in [0.5, 0.6) is 0 Å². The molecule has 1 saturated carbocycles. The summed E-state index contributed by atoms with van der Waals surface area (Å²) in [6, 6.07) is 0. The molecule has 6 unspecified atom stereocenters. The van der Waals surface area contributed by atoms with E-state index in [0.29, 0.717) is 13.0 Å². The van der Waals surface area contributed by atoms with Gasteiger partial charge in [-0.25, -0.2) is 4.57 Å². The third-order valence-electron chi connectivity index (χ3n) is 10.4. The molecule has 6 atom stereocenters. The van der Waals surface area contributed by atoms with Crippen LogP contribution in [0.15, 0.2) is 60.8 Å². The Morgan fingerprint density at radius 2 is 0.983 bits per heavy atom. The van der Waals surface area contributed by atoms with Crippen molar-refractivity contribution in [1.29, 1.82) is 0 Å². The molecule has 348 valence electrons. The summed E-state index contributed by atoms with van der Waals surface area (Å²) in [5.74, 6) is -0.496. The monoisotopic (exact) mass is 871 g/mol. The molecule has 0 spiro atoms. The summed E-state index contributed by atoms with van der Waals surface area (Å²) in [6.45, 7) is 4.08. The smallest absolute Gasteiger partial charge is 0.457 e. The van der Waals surface area contributed by atoms with Gasteiger partial charge in [-0.15, -0.1) is 0 Å². The van der Waals surface area contributed by atoms with Crippen LogP contribution in [0, 0.1) is 0 Å². The van der Waals surface area contributed by atoms with Crippen molar-refractivity contribution in [3.05, 3.63) is 60.8 Å². The van der Waals surface area contributed by atoms with E-state index in [9.17, 15) is 39.8 Å². The minimum absolute atomic E-state index is 0.0900. The molecule has 0 aromatic carbocycles. The SMILES string of the molecule is CC/C=C\C/C=C\C/C=C\CCCCCCCCCCOCC(COP(=O)(O)OC1C(O)C(O)C(O)C(O)C1O)OC(=O)CCCCCCC/C=C\C/C=C\CCCCC. The molecule has 12 nitrogen and oxygen atoms in total. The van der Waals surface area contributed by atoms with E-state index in [1.165, 1.54) is 44.9 Å². The lowest BCUT2D eigenvalue weighted by Gasteiger charge is -2.41. The van der Waals surface area contributed by atoms with Crippen LogP contribution in [0.4, 0.5) is 0 Å². The van der Waals surface area contributed by atoms with Gasteiger partial charge in [-0.05, 0) is 77.0 Å². The molecular weight excluding hydrogens is 787 g/mol. The standard InChI is InChI=1S/C47H83O12P/c1-3-5-7-9-11-13-15-17-19-20-21-23-25-27-29-31-33-35-37-56-38-40(39-57-60(54,55)59-47-45(52)43(50)42(49)44(51)46(47)53)58-41(48)36-34-32-30-28-26-24-22-18-16-14-12-10-8-6-4-2/h5,7,11-14,17-19,22,40,42-47,49-53H,3-4,6,8-10,15-16,20-21,23-39H2,1-2H3,(H,54,55)/b7-5-,13-11-,14-12-,19-17-,22-18-. The van der Waals surface area contributed by atoms with Crippen LogP contribution in [0.1, 0.15) is 168 Å². The number of ether oxygens (including phenoxy) is 2. The predicted molar refractivity (Wildman–Crippen MR) is 239 cm³/mol. The number of rotatable bonds is 38. The molecule has 13 heteroatoms. The number of hydrogen-bond acceptors (Lipinski definition) is 11. The van der Waals surface area contributed by atoms with Gasteiger partial charge in [0.15, 0.2) is 0 Å². The Balaban J connectivity index is 2.41. The first-order chi connectivity index (χ1) is 29.0. The van der Waals surface area contributed by atoms with Crippen LogP contribution < -0.4 is 0 Å². The maximum absolute atomic E-state index is 12.8. The van der Waals surface area contributed by atoms with Crippen molar-refractivity contribution in [2.24, 2.45) is 0 Å². The van der Waals surface area contributed by atoms with Gasteiger partial charge in [0, 0.05) is 13.0 Å². The van der Waals surface area contributed by atoms with Crippen LogP contribution >= 0.6 is 7.82 Å². The molecule has 1 fully saturated rings. The number of aliphatic hydroxyl groups is 5. The van der Waals surface area contributed by atoms with E-state index >= 15 is 0 Å². The number of phosphoric ester groups is 1. The van der Waals surface area contributed by atoms with Gasteiger partial charge in [-0.1, -0.05) is 145 Å². The average molecular weight is 871 g/mol. The van der Waals surface area contributed by atoms with E-state index in [1.54, 1.807) is 0 Å². The third kappa shape index (κ3) is 29.4. The van der Waals surface area contributed by atoms with Crippen molar-refractivity contribution in [1.82, 2.24) is 0 Å². The lowest BCUT2D eigenvalue weighted by molar-refractivity contribution is -0.220. The summed E-state index contributed by atoms with van der Waals surface area (Å²) in [7, 11) is -5.03. The normalized spacial score (nSPS) is 22.9. The number of carbonyl (C=O) groups excluding carboxylic acids is 1. The predicted octanol–water partition coefficient (Wildman–Crippen LogP) is 9.42. The highest BCUT2D eigenvalue weighted by Crippen LogP contribution is 2.47. The maximum Gasteiger partial charge on any atom is 0.472 e. The van der Waals surface area contributed by atoms with Crippen LogP contribution in [-0.4, -0.2) is 98.9 Å². The zero-order chi connectivity index (χ0) is 44.1. The lowest BCUT2D eigenvalue weighted by Crippen LogP contribution is -2.64. The maximum atomic E-state index is 12.8. The number of hydrogen-bond donors (Lipinski definition) is 6. The lowest BCUT2D eigenvalue weighted by atomic mass is 9.85. The third-order valence-corrected chi connectivity index (χ3v) is 11.4. The van der Waals surface area contributed by atoms with Crippen LogP contribution in [0.2, 0.25) is 0 Å². The summed E-state index contributed by atoms with van der Waals surface area (Å²) in [6.07, 6.45) is 34.3. The van der Waals surface area contributed by atoms with Gasteiger partial charge in [0.2, 0.25) is 0 Å². The van der Waals surface area contributed by atoms with Gasteiger partial charge in [0.1, 0.15) is 42.7 Å². The van der Waals surface area contributed by atoms with Crippen molar-refractivity contribution in [2.75, 3.05) is 19.8 Å². The second kappa shape index (κ2) is 37.6. The Bertz CT molecular complexity index is 1220. The molecule has 1 aliphatic rings. The topological polar surface area (TPSA) is 192 Å². The summed E-state index contributed by atoms with van der Waals surface area (Å²) in [5, 5.41) is 50.2. The van der Waals surface area contributed by atoms with Crippen LogP contribution in [-0.2, 0) is 27.9 Å². The molecule has 0 amide bonds. The molecule has 1 aliphatic carbocycles. The van der Waals surface area contributed by atoms with Crippen molar-refractivity contribution in [3.63, 3.8) is 0 Å². The fourth-order valence-corrected chi connectivity index (χ4v) is 7.67. The molecule has 0 aliphatic heterocycles. The Labute approximate surface area is 362 Å². The number of esters is 1. The van der Waals surface area contributed by atoms with Crippen molar-refractivity contribution >= 4 is 13.8 Å². The van der Waals surface area contributed by atoms with E-state index in [2.05, 4.69) is 74.6 Å². The second-order valence-electron chi connectivity index (χ2n) is 15.9. The van der Waals surface area contributed by atoms with E-state index in [4.69, 9.17) is 18.5 Å². The quantitative estimate of drug-likeness (QED) is 0.0149. The first-order valence-corrected chi connectivity index (χ1v) is 24.6. The fraction of sp³-hybridized carbons (Fsp3) is 0.766. The minimum atomic E-state index is -5.03. The number of unbranched alkanes of at least 4 members (excludes halogenated alkanes) is 16. The summed E-state index contributed by atoms with van der Waals surface area (Å²) in [4.78, 5) is 23.1. The first-order valence-electron chi connectivity index (χ1n) is 23.1. The molecular formula is C47H83O12P. The zero-order valence-electron chi connectivity index (χ0n) is 37.0. The summed E-state index contributed by atoms with van der Waals surface area (Å²) in [5.41, 5.74) is 0. The van der Waals surface area contributed by atoms with Gasteiger partial charge in [-0.3, -0.25) is 13.8 Å². The Hall–Kier alpha value is -1.96. The highest BCUT2D eigenvalue weighted by Gasteiger charge is 2.51. The molecule has 0 radical (unpaired) electrons. The van der Waals surface area contributed by atoms with E-state index < -0.39 is 63.1 Å². The highest BCUT2D eigenvalue weighted by molar-refractivity contribution is 7.47. The molecule has 0 saturated heterocycles. The van der Waals surface area contributed by atoms with Crippen molar-refractivity contribution in [2.45, 2.75) is 211 Å². The number of aliphatic hydroxyl groups excluding tert-OH is 5. The van der Waals surface area contributed by atoms with Gasteiger partial charge < -0.3 is 39.9 Å². The number of phosphoric acid groups is 1. The molecule has 0 aromatic heterocycles. The van der Waals surface area contributed by atoms with E-state index in [1.807, 2.05) is 0 Å². The molecule has 1 rings (SSSR count). The van der Waals surface area contributed by atoms with Crippen molar-refractivity contribution in [3.8, 4) is 0 Å². The average Bonchev–Trinajstić information content (AvgIpc) is 3.23. The van der Waals surface area contributed by atoms with E-state index in [-0.39, 0.29) is 13.0 Å². The van der Waals surface area contributed by atoms with Gasteiger partial charge in [0.25, 0.3) is 0 Å². The fourth-order valence-electron chi connectivity index (χ4n) is 6.69. The molecule has 0 bridgehead atoms. The summed E-state index contributed by atoms with van der Waals surface area (Å²) >= 11 is 0. The van der Waals surface area contributed by atoms with E-state index in [0.717, 1.165) is 96.3 Å². The molecule has 60 heavy (non-hydrogen) atoms. The molecule has 0 heterocycles. The summed E-state index contributed by atoms with van der Waals surface area (Å²) < 4.78 is 34.2. The van der Waals surface area contributed by atoms with Gasteiger partial charge in [0.05, 0.1) is 13.2 Å². The highest BCUT2D eigenvalue weighted by atomic mass is 31.2. The van der Waals surface area contributed by atoms with Crippen molar-refractivity contribution < 1.29 is 58.3 Å². The Morgan fingerprint density at radius 3 is 1.50 bits per heavy atom. The number of carbonyl (C=O) groups is 1. The second-order valence-corrected chi connectivity index (χ2v) is 17.3. The van der Waals surface area contributed by atoms with Crippen LogP contribution in [0.25, 0.3) is 0 Å².